The molecule has 0 heterocycles. The predicted molar refractivity (Wildman–Crippen MR) is 70.6 cm³/mol. The fraction of sp³-hybridized carbons (Fsp3) is 0.533. The number of carbonyl (C=O) groups is 1. The van der Waals surface area contributed by atoms with Gasteiger partial charge in [-0.05, 0) is 37.0 Å². The molecule has 0 aliphatic heterocycles. The van der Waals surface area contributed by atoms with Gasteiger partial charge in [-0.15, -0.1) is 0 Å². The van der Waals surface area contributed by atoms with Gasteiger partial charge in [-0.25, -0.2) is 4.79 Å². The zero-order chi connectivity index (χ0) is 12.7. The van der Waals surface area contributed by atoms with Crippen LogP contribution in [0, 0.1) is 6.92 Å². The fourth-order valence-corrected chi connectivity index (χ4v) is 2.05. The van der Waals surface area contributed by atoms with E-state index in [1.807, 2.05) is 19.1 Å². The Morgan fingerprint density at radius 3 is 2.47 bits per heavy atom. The number of benzene rings is 1. The van der Waals surface area contributed by atoms with Gasteiger partial charge in [0, 0.05) is 0 Å². The molecule has 0 radical (unpaired) electrons. The third-order valence-electron chi connectivity index (χ3n) is 3.09. The monoisotopic (exact) mass is 234 g/mol. The second-order valence-corrected chi connectivity index (χ2v) is 4.62. The van der Waals surface area contributed by atoms with E-state index in [0.717, 1.165) is 12.0 Å². The van der Waals surface area contributed by atoms with Crippen molar-refractivity contribution in [2.45, 2.75) is 52.4 Å². The number of carboxylic acid groups (broad SMARTS) is 1. The van der Waals surface area contributed by atoms with Crippen molar-refractivity contribution in [1.82, 2.24) is 0 Å². The Labute approximate surface area is 104 Å². The molecular weight excluding hydrogens is 212 g/mol. The summed E-state index contributed by atoms with van der Waals surface area (Å²) in [5.74, 6) is -0.836. The van der Waals surface area contributed by atoms with Crippen molar-refractivity contribution >= 4 is 5.97 Å². The first-order valence-corrected chi connectivity index (χ1v) is 6.48. The molecule has 1 aromatic carbocycles. The van der Waals surface area contributed by atoms with Crippen molar-refractivity contribution in [2.75, 3.05) is 0 Å². The summed E-state index contributed by atoms with van der Waals surface area (Å²) in [6.45, 7) is 4.08. The molecule has 94 valence electrons. The lowest BCUT2D eigenvalue weighted by molar-refractivity contribution is 0.0696. The molecule has 2 nitrogen and oxygen atoms in total. The van der Waals surface area contributed by atoms with Gasteiger partial charge in [0.15, 0.2) is 0 Å². The van der Waals surface area contributed by atoms with E-state index in [2.05, 4.69) is 6.92 Å². The minimum atomic E-state index is -0.836. The lowest BCUT2D eigenvalue weighted by Gasteiger charge is -2.05. The summed E-state index contributed by atoms with van der Waals surface area (Å²) in [6.07, 6.45) is 7.43. The van der Waals surface area contributed by atoms with E-state index >= 15 is 0 Å². The third-order valence-corrected chi connectivity index (χ3v) is 3.09. The molecule has 2 heteroatoms. The molecule has 0 saturated heterocycles. The van der Waals surface area contributed by atoms with Crippen LogP contribution in [-0.2, 0) is 6.42 Å². The first-order chi connectivity index (χ1) is 8.15. The van der Waals surface area contributed by atoms with Crippen LogP contribution in [0.25, 0.3) is 0 Å². The van der Waals surface area contributed by atoms with Gasteiger partial charge in [0.1, 0.15) is 0 Å². The Kier molecular flexibility index (Phi) is 5.75. The second kappa shape index (κ2) is 7.10. The average Bonchev–Trinajstić information content (AvgIpc) is 2.28. The summed E-state index contributed by atoms with van der Waals surface area (Å²) in [7, 11) is 0. The van der Waals surface area contributed by atoms with Crippen LogP contribution < -0.4 is 0 Å². The van der Waals surface area contributed by atoms with Crippen LogP contribution in [0.5, 0.6) is 0 Å². The zero-order valence-electron chi connectivity index (χ0n) is 10.8. The summed E-state index contributed by atoms with van der Waals surface area (Å²) in [4.78, 5) is 10.9. The lowest BCUT2D eigenvalue weighted by Crippen LogP contribution is -2.00. The van der Waals surface area contributed by atoms with Crippen LogP contribution in [0.2, 0.25) is 0 Å². The molecule has 1 rings (SSSR count). The molecule has 0 atom stereocenters. The molecule has 0 saturated carbocycles. The number of hydrogen-bond donors (Lipinski definition) is 1. The maximum absolute atomic E-state index is 10.9. The third kappa shape index (κ3) is 4.59. The predicted octanol–water partition coefficient (Wildman–Crippen LogP) is 4.21. The molecule has 0 bridgehead atoms. The van der Waals surface area contributed by atoms with E-state index in [1.165, 1.54) is 37.7 Å². The van der Waals surface area contributed by atoms with Gasteiger partial charge in [0.25, 0.3) is 0 Å². The Balaban J connectivity index is 2.45. The molecular formula is C15H22O2. The zero-order valence-corrected chi connectivity index (χ0v) is 10.8. The average molecular weight is 234 g/mol. The van der Waals surface area contributed by atoms with Crippen LogP contribution in [0.15, 0.2) is 18.2 Å². The highest BCUT2D eigenvalue weighted by atomic mass is 16.4. The number of rotatable bonds is 7. The number of carboxylic acids is 1. The van der Waals surface area contributed by atoms with Crippen molar-refractivity contribution in [3.8, 4) is 0 Å². The first-order valence-electron chi connectivity index (χ1n) is 6.48. The summed E-state index contributed by atoms with van der Waals surface area (Å²) >= 11 is 0. The highest BCUT2D eigenvalue weighted by Crippen LogP contribution is 2.14. The van der Waals surface area contributed by atoms with Crippen molar-refractivity contribution in [3.63, 3.8) is 0 Å². The summed E-state index contributed by atoms with van der Waals surface area (Å²) in [6, 6.07) is 5.67. The minimum Gasteiger partial charge on any atom is -0.478 e. The van der Waals surface area contributed by atoms with E-state index in [4.69, 9.17) is 5.11 Å². The molecule has 0 fully saturated rings. The topological polar surface area (TPSA) is 37.3 Å². The molecule has 17 heavy (non-hydrogen) atoms. The Morgan fingerprint density at radius 1 is 1.18 bits per heavy atom. The van der Waals surface area contributed by atoms with Crippen molar-refractivity contribution < 1.29 is 9.90 Å². The van der Waals surface area contributed by atoms with Crippen molar-refractivity contribution in [1.29, 1.82) is 0 Å². The molecule has 0 spiro atoms. The Hall–Kier alpha value is -1.31. The van der Waals surface area contributed by atoms with Gasteiger partial charge < -0.3 is 5.11 Å². The highest BCUT2D eigenvalue weighted by molar-refractivity contribution is 5.89. The molecule has 1 aromatic rings. The smallest absolute Gasteiger partial charge is 0.335 e. The largest absolute Gasteiger partial charge is 0.478 e. The summed E-state index contributed by atoms with van der Waals surface area (Å²) in [5.41, 5.74) is 2.53. The molecule has 0 aliphatic rings. The van der Waals surface area contributed by atoms with E-state index in [-0.39, 0.29) is 0 Å². The first kappa shape index (κ1) is 13.8. The number of unbranched alkanes of at least 4 members (excludes halogenated alkanes) is 4. The van der Waals surface area contributed by atoms with Crippen LogP contribution in [-0.4, -0.2) is 11.1 Å². The summed E-state index contributed by atoms with van der Waals surface area (Å²) < 4.78 is 0. The van der Waals surface area contributed by atoms with Gasteiger partial charge in [0.05, 0.1) is 5.56 Å². The van der Waals surface area contributed by atoms with Gasteiger partial charge in [-0.2, -0.15) is 0 Å². The standard InChI is InChI=1S/C15H22O2/c1-3-4-5-6-7-8-13-9-10-14(15(16)17)12(2)11-13/h9-11H,3-8H2,1-2H3,(H,16,17). The van der Waals surface area contributed by atoms with Crippen LogP contribution >= 0.6 is 0 Å². The second-order valence-electron chi connectivity index (χ2n) is 4.62. The number of hydrogen-bond acceptors (Lipinski definition) is 1. The molecule has 0 unspecified atom stereocenters. The highest BCUT2D eigenvalue weighted by Gasteiger charge is 2.06. The Bertz CT molecular complexity index is 369. The number of aromatic carboxylic acids is 1. The van der Waals surface area contributed by atoms with Gasteiger partial charge >= 0.3 is 5.97 Å². The minimum absolute atomic E-state index is 0.416. The molecule has 1 N–H and O–H groups in total. The van der Waals surface area contributed by atoms with Crippen LogP contribution in [0.4, 0.5) is 0 Å². The molecule has 0 aromatic heterocycles. The van der Waals surface area contributed by atoms with Crippen molar-refractivity contribution in [2.24, 2.45) is 0 Å². The normalized spacial score (nSPS) is 10.5. The fourth-order valence-electron chi connectivity index (χ4n) is 2.05. The quantitative estimate of drug-likeness (QED) is 0.718. The SMILES string of the molecule is CCCCCCCc1ccc(C(=O)O)c(C)c1. The van der Waals surface area contributed by atoms with Crippen molar-refractivity contribution in [3.05, 3.63) is 34.9 Å². The van der Waals surface area contributed by atoms with E-state index in [9.17, 15) is 4.79 Å². The van der Waals surface area contributed by atoms with Crippen LogP contribution in [0.1, 0.15) is 60.5 Å². The van der Waals surface area contributed by atoms with Gasteiger partial charge in [-0.1, -0.05) is 44.7 Å². The lowest BCUT2D eigenvalue weighted by atomic mass is 10.0. The molecule has 0 amide bonds. The van der Waals surface area contributed by atoms with E-state index in [0.29, 0.717) is 5.56 Å². The van der Waals surface area contributed by atoms with Crippen LogP contribution in [0.3, 0.4) is 0 Å². The van der Waals surface area contributed by atoms with E-state index < -0.39 is 5.97 Å². The van der Waals surface area contributed by atoms with Gasteiger partial charge in [-0.3, -0.25) is 0 Å². The maximum Gasteiger partial charge on any atom is 0.335 e. The van der Waals surface area contributed by atoms with E-state index in [1.54, 1.807) is 6.07 Å². The molecule has 0 aliphatic carbocycles. The Morgan fingerprint density at radius 2 is 1.88 bits per heavy atom. The van der Waals surface area contributed by atoms with Gasteiger partial charge in [0.2, 0.25) is 0 Å². The summed E-state index contributed by atoms with van der Waals surface area (Å²) in [5, 5.41) is 8.93. The number of aryl methyl sites for hydroxylation is 2. The maximum atomic E-state index is 10.9.